The molecule has 20 heavy (non-hydrogen) atoms. The van der Waals surface area contributed by atoms with E-state index in [4.69, 9.17) is 10.5 Å². The Balaban J connectivity index is 2.46. The summed E-state index contributed by atoms with van der Waals surface area (Å²) in [5.74, 6) is 0.983. The minimum Gasteiger partial charge on any atom is -0.341 e. The summed E-state index contributed by atoms with van der Waals surface area (Å²) >= 11 is 0. The average Bonchev–Trinajstić information content (AvgIpc) is 2.48. The second-order valence-corrected chi connectivity index (χ2v) is 5.48. The first-order valence-corrected chi connectivity index (χ1v) is 7.41. The molecule has 1 aliphatic rings. The zero-order valence-electron chi connectivity index (χ0n) is 12.3. The van der Waals surface area contributed by atoms with Crippen molar-refractivity contribution in [3.63, 3.8) is 0 Å². The Labute approximate surface area is 121 Å². The van der Waals surface area contributed by atoms with Crippen LogP contribution in [-0.4, -0.2) is 37.0 Å². The van der Waals surface area contributed by atoms with Gasteiger partial charge in [0.25, 0.3) is 0 Å². The fraction of sp³-hybridized carbons (Fsp3) is 0.800. The number of hydrogen-bond acceptors (Lipinski definition) is 4. The molecule has 1 N–H and O–H groups in total. The number of amides is 1. The fourth-order valence-electron chi connectivity index (χ4n) is 2.67. The third-order valence-electron chi connectivity index (χ3n) is 3.98. The summed E-state index contributed by atoms with van der Waals surface area (Å²) in [6.45, 7) is 5.07. The van der Waals surface area contributed by atoms with Crippen LogP contribution in [0.1, 0.15) is 39.0 Å². The molecule has 110 valence electrons. The molecule has 1 aliphatic heterocycles. The molecule has 1 rings (SSSR count). The van der Waals surface area contributed by atoms with Crippen LogP contribution in [0.15, 0.2) is 0 Å². The second-order valence-electron chi connectivity index (χ2n) is 5.48. The minimum absolute atomic E-state index is 0.0774. The van der Waals surface area contributed by atoms with Gasteiger partial charge in [-0.25, -0.2) is 0 Å². The lowest BCUT2D eigenvalue weighted by atomic mass is 9.85. The van der Waals surface area contributed by atoms with E-state index in [2.05, 4.69) is 24.4 Å². The van der Waals surface area contributed by atoms with Crippen LogP contribution in [0.2, 0.25) is 0 Å². The summed E-state index contributed by atoms with van der Waals surface area (Å²) in [6, 6.07) is 4.12. The third kappa shape index (κ3) is 5.59. The van der Waals surface area contributed by atoms with Crippen molar-refractivity contribution >= 4 is 5.91 Å². The minimum atomic E-state index is 0.0774. The zero-order valence-corrected chi connectivity index (χ0v) is 12.3. The highest BCUT2D eigenvalue weighted by molar-refractivity contribution is 5.76. The molecule has 5 nitrogen and oxygen atoms in total. The van der Waals surface area contributed by atoms with Crippen molar-refractivity contribution < 1.29 is 4.79 Å². The van der Waals surface area contributed by atoms with Gasteiger partial charge in [-0.3, -0.25) is 4.79 Å². The van der Waals surface area contributed by atoms with Gasteiger partial charge in [0.2, 0.25) is 5.91 Å². The molecule has 2 unspecified atom stereocenters. The van der Waals surface area contributed by atoms with Crippen LogP contribution < -0.4 is 5.32 Å². The SMILES string of the molecule is CC(CC(=O)N(CCC#N)CCC#N)C1CCCNC1. The highest BCUT2D eigenvalue weighted by Gasteiger charge is 2.24. The summed E-state index contributed by atoms with van der Waals surface area (Å²) in [5, 5.41) is 20.7. The summed E-state index contributed by atoms with van der Waals surface area (Å²) in [4.78, 5) is 14.0. The first-order valence-electron chi connectivity index (χ1n) is 7.41. The van der Waals surface area contributed by atoms with Gasteiger partial charge in [0, 0.05) is 19.5 Å². The summed E-state index contributed by atoms with van der Waals surface area (Å²) in [5.41, 5.74) is 0. The molecule has 1 amide bonds. The number of carbonyl (C=O) groups excluding carboxylic acids is 1. The highest BCUT2D eigenvalue weighted by atomic mass is 16.2. The van der Waals surface area contributed by atoms with Crippen molar-refractivity contribution in [1.82, 2.24) is 10.2 Å². The molecule has 0 aliphatic carbocycles. The van der Waals surface area contributed by atoms with Gasteiger partial charge >= 0.3 is 0 Å². The smallest absolute Gasteiger partial charge is 0.222 e. The van der Waals surface area contributed by atoms with Crippen molar-refractivity contribution in [1.29, 1.82) is 10.5 Å². The fourth-order valence-corrected chi connectivity index (χ4v) is 2.67. The average molecular weight is 276 g/mol. The van der Waals surface area contributed by atoms with Gasteiger partial charge in [0.15, 0.2) is 0 Å². The van der Waals surface area contributed by atoms with Gasteiger partial charge in [-0.2, -0.15) is 10.5 Å². The Bertz CT molecular complexity index is 358. The number of nitrogens with zero attached hydrogens (tertiary/aromatic N) is 3. The van der Waals surface area contributed by atoms with Crippen LogP contribution in [0, 0.1) is 34.5 Å². The molecule has 0 bridgehead atoms. The third-order valence-corrected chi connectivity index (χ3v) is 3.98. The van der Waals surface area contributed by atoms with E-state index in [9.17, 15) is 4.79 Å². The predicted molar refractivity (Wildman–Crippen MR) is 76.4 cm³/mol. The Kier molecular flexibility index (Phi) is 7.69. The standard InChI is InChI=1S/C15H24N4O/c1-13(14-5-2-8-18-12-14)11-15(20)19(9-3-6-16)10-4-7-17/h13-14,18H,2-5,8-12H2,1H3. The summed E-state index contributed by atoms with van der Waals surface area (Å²) in [6.07, 6.45) is 3.53. The van der Waals surface area contributed by atoms with Gasteiger partial charge in [0.1, 0.15) is 0 Å². The molecule has 0 spiro atoms. The van der Waals surface area contributed by atoms with Crippen LogP contribution in [0.3, 0.4) is 0 Å². The van der Waals surface area contributed by atoms with Crippen LogP contribution in [0.25, 0.3) is 0 Å². The number of rotatable bonds is 7. The van der Waals surface area contributed by atoms with Gasteiger partial charge in [-0.05, 0) is 37.8 Å². The number of piperidine rings is 1. The maximum atomic E-state index is 12.3. The maximum absolute atomic E-state index is 12.3. The van der Waals surface area contributed by atoms with Crippen LogP contribution in [-0.2, 0) is 4.79 Å². The normalized spacial score (nSPS) is 19.6. The zero-order chi connectivity index (χ0) is 14.8. The quantitative estimate of drug-likeness (QED) is 0.767. The first kappa shape index (κ1) is 16.5. The van der Waals surface area contributed by atoms with Crippen molar-refractivity contribution in [3.05, 3.63) is 0 Å². The Morgan fingerprint density at radius 3 is 2.50 bits per heavy atom. The molecule has 2 atom stereocenters. The van der Waals surface area contributed by atoms with Crippen molar-refractivity contribution in [2.75, 3.05) is 26.2 Å². The topological polar surface area (TPSA) is 79.9 Å². The van der Waals surface area contributed by atoms with Crippen LogP contribution in [0.4, 0.5) is 0 Å². The van der Waals surface area contributed by atoms with E-state index in [-0.39, 0.29) is 5.91 Å². The van der Waals surface area contributed by atoms with Gasteiger partial charge in [-0.15, -0.1) is 0 Å². The number of nitriles is 2. The lowest BCUT2D eigenvalue weighted by Gasteiger charge is -2.30. The summed E-state index contributed by atoms with van der Waals surface area (Å²) in [7, 11) is 0. The molecular formula is C15H24N4O. The molecule has 0 aromatic rings. The maximum Gasteiger partial charge on any atom is 0.222 e. The lowest BCUT2D eigenvalue weighted by Crippen LogP contribution is -2.38. The largest absolute Gasteiger partial charge is 0.341 e. The number of carbonyl (C=O) groups is 1. The van der Waals surface area contributed by atoms with Crippen LogP contribution in [0.5, 0.6) is 0 Å². The molecule has 0 radical (unpaired) electrons. The number of nitrogens with one attached hydrogen (secondary N) is 1. The summed E-state index contributed by atoms with van der Waals surface area (Å²) < 4.78 is 0. The molecule has 0 saturated carbocycles. The molecular weight excluding hydrogens is 252 g/mol. The van der Waals surface area contributed by atoms with Gasteiger partial charge in [0.05, 0.1) is 25.0 Å². The monoisotopic (exact) mass is 276 g/mol. The first-order chi connectivity index (χ1) is 9.69. The van der Waals surface area contributed by atoms with E-state index < -0.39 is 0 Å². The Morgan fingerprint density at radius 2 is 2.00 bits per heavy atom. The van der Waals surface area contributed by atoms with E-state index in [0.29, 0.717) is 44.2 Å². The molecule has 0 aromatic heterocycles. The Hall–Kier alpha value is -1.59. The van der Waals surface area contributed by atoms with E-state index in [1.165, 1.54) is 12.8 Å². The second kappa shape index (κ2) is 9.34. The lowest BCUT2D eigenvalue weighted by molar-refractivity contribution is -0.132. The van der Waals surface area contributed by atoms with Gasteiger partial charge in [-0.1, -0.05) is 6.92 Å². The van der Waals surface area contributed by atoms with Crippen molar-refractivity contribution in [3.8, 4) is 12.1 Å². The molecule has 1 heterocycles. The Morgan fingerprint density at radius 1 is 1.35 bits per heavy atom. The van der Waals surface area contributed by atoms with Crippen LogP contribution >= 0.6 is 0 Å². The van der Waals surface area contributed by atoms with E-state index in [1.54, 1.807) is 4.90 Å². The molecule has 0 aromatic carbocycles. The molecule has 1 fully saturated rings. The molecule has 5 heteroatoms. The van der Waals surface area contributed by atoms with E-state index in [1.807, 2.05) is 0 Å². The van der Waals surface area contributed by atoms with Gasteiger partial charge < -0.3 is 10.2 Å². The highest BCUT2D eigenvalue weighted by Crippen LogP contribution is 2.23. The van der Waals surface area contributed by atoms with E-state index in [0.717, 1.165) is 13.1 Å². The molecule has 1 saturated heterocycles. The predicted octanol–water partition coefficient (Wildman–Crippen LogP) is 1.67. The van der Waals surface area contributed by atoms with Crippen molar-refractivity contribution in [2.24, 2.45) is 11.8 Å². The van der Waals surface area contributed by atoms with Crippen molar-refractivity contribution in [2.45, 2.75) is 39.0 Å². The van der Waals surface area contributed by atoms with E-state index >= 15 is 0 Å². The number of hydrogen-bond donors (Lipinski definition) is 1.